The number of hydrogen-bond donors (Lipinski definition) is 1. The quantitative estimate of drug-likeness (QED) is 0.808. The van der Waals surface area contributed by atoms with E-state index in [0.717, 1.165) is 6.42 Å². The summed E-state index contributed by atoms with van der Waals surface area (Å²) in [5.74, 6) is -0.110. The molecule has 0 saturated heterocycles. The van der Waals surface area contributed by atoms with Crippen LogP contribution in [0.3, 0.4) is 0 Å². The summed E-state index contributed by atoms with van der Waals surface area (Å²) in [5.41, 5.74) is 0. The van der Waals surface area contributed by atoms with Gasteiger partial charge in [-0.25, -0.2) is 8.42 Å². The molecule has 0 heterocycles. The van der Waals surface area contributed by atoms with Gasteiger partial charge in [-0.15, -0.1) is 0 Å². The maximum absolute atomic E-state index is 12.2. The fourth-order valence-corrected chi connectivity index (χ4v) is 3.82. The van der Waals surface area contributed by atoms with Crippen LogP contribution in [0.5, 0.6) is 5.75 Å². The molecule has 4 nitrogen and oxygen atoms in total. The van der Waals surface area contributed by atoms with Gasteiger partial charge in [-0.05, 0) is 37.5 Å². The van der Waals surface area contributed by atoms with Gasteiger partial charge in [0.15, 0.2) is 9.84 Å². The van der Waals surface area contributed by atoms with E-state index in [2.05, 4.69) is 0 Å². The number of aromatic hydroxyl groups is 1. The average molecular weight is 240 g/mol. The molecular weight excluding hydrogens is 228 g/mol. The molecule has 1 aromatic rings. The molecule has 86 valence electrons. The lowest BCUT2D eigenvalue weighted by Gasteiger charge is -2.35. The van der Waals surface area contributed by atoms with E-state index in [1.807, 2.05) is 0 Å². The van der Waals surface area contributed by atoms with Crippen molar-refractivity contribution in [3.63, 3.8) is 0 Å². The van der Waals surface area contributed by atoms with Gasteiger partial charge in [0.25, 0.3) is 0 Å². The van der Waals surface area contributed by atoms with Crippen molar-refractivity contribution in [3.05, 3.63) is 24.3 Å². The molecule has 0 aliphatic heterocycles. The smallest absolute Gasteiger partial charge is 0.191 e. The molecule has 1 saturated carbocycles. The average Bonchev–Trinajstić information content (AvgIpc) is 2.16. The van der Waals surface area contributed by atoms with Crippen LogP contribution in [-0.4, -0.2) is 24.6 Å². The molecule has 1 N–H and O–H groups in total. The lowest BCUT2D eigenvalue weighted by Crippen LogP contribution is -2.46. The van der Waals surface area contributed by atoms with Gasteiger partial charge in [-0.1, -0.05) is 6.07 Å². The SMILES string of the molecule is O=CC1(S(=O)(=O)c2cccc(O)c2)CCC1. The van der Waals surface area contributed by atoms with Crippen LogP contribution in [0.15, 0.2) is 29.2 Å². The molecule has 1 aliphatic rings. The third-order valence-corrected chi connectivity index (χ3v) is 5.53. The molecule has 16 heavy (non-hydrogen) atoms. The van der Waals surface area contributed by atoms with Crippen LogP contribution in [0.25, 0.3) is 0 Å². The maximum atomic E-state index is 12.2. The predicted octanol–water partition coefficient (Wildman–Crippen LogP) is 1.29. The number of aldehydes is 1. The number of phenols is 1. The predicted molar refractivity (Wildman–Crippen MR) is 57.9 cm³/mol. The monoisotopic (exact) mass is 240 g/mol. The van der Waals surface area contributed by atoms with Crippen molar-refractivity contribution in [3.8, 4) is 5.75 Å². The molecule has 1 fully saturated rings. The molecular formula is C11H12O4S. The molecule has 1 aliphatic carbocycles. The van der Waals surface area contributed by atoms with Crippen LogP contribution in [0, 0.1) is 0 Å². The molecule has 0 atom stereocenters. The second-order valence-corrected chi connectivity index (χ2v) is 6.33. The highest BCUT2D eigenvalue weighted by atomic mass is 32.2. The summed E-state index contributed by atoms with van der Waals surface area (Å²) in [5, 5.41) is 9.25. The zero-order valence-electron chi connectivity index (χ0n) is 8.59. The molecule has 2 rings (SSSR count). The van der Waals surface area contributed by atoms with E-state index in [1.54, 1.807) is 0 Å². The Labute approximate surface area is 93.8 Å². The number of rotatable bonds is 3. The van der Waals surface area contributed by atoms with E-state index in [-0.39, 0.29) is 10.6 Å². The van der Waals surface area contributed by atoms with E-state index >= 15 is 0 Å². The van der Waals surface area contributed by atoms with Crippen molar-refractivity contribution in [1.82, 2.24) is 0 Å². The number of benzene rings is 1. The van der Waals surface area contributed by atoms with E-state index in [1.165, 1.54) is 24.3 Å². The van der Waals surface area contributed by atoms with Crippen molar-refractivity contribution in [2.75, 3.05) is 0 Å². The van der Waals surface area contributed by atoms with Gasteiger partial charge in [-0.3, -0.25) is 0 Å². The number of phenolic OH excluding ortho intramolecular Hbond substituents is 1. The van der Waals surface area contributed by atoms with Crippen molar-refractivity contribution >= 4 is 16.1 Å². The van der Waals surface area contributed by atoms with Crippen molar-refractivity contribution < 1.29 is 18.3 Å². The Bertz CT molecular complexity index is 515. The molecule has 5 heteroatoms. The molecule has 0 unspecified atom stereocenters. The summed E-state index contributed by atoms with van der Waals surface area (Å²) < 4.78 is 23.1. The van der Waals surface area contributed by atoms with Gasteiger partial charge in [0.2, 0.25) is 0 Å². The van der Waals surface area contributed by atoms with E-state index in [9.17, 15) is 18.3 Å². The fraction of sp³-hybridized carbons (Fsp3) is 0.364. The van der Waals surface area contributed by atoms with Crippen LogP contribution in [0.2, 0.25) is 0 Å². The molecule has 0 bridgehead atoms. The minimum absolute atomic E-state index is 0.0132. The zero-order chi connectivity index (χ0) is 11.8. The number of carbonyl (C=O) groups excluding carboxylic acids is 1. The molecule has 0 aromatic heterocycles. The Balaban J connectivity index is 2.51. The summed E-state index contributed by atoms with van der Waals surface area (Å²) >= 11 is 0. The molecule has 1 aromatic carbocycles. The Kier molecular flexibility index (Phi) is 2.50. The van der Waals surface area contributed by atoms with Crippen LogP contribution in [0.4, 0.5) is 0 Å². The van der Waals surface area contributed by atoms with Crippen molar-refractivity contribution in [1.29, 1.82) is 0 Å². The molecule has 0 radical (unpaired) electrons. The van der Waals surface area contributed by atoms with Gasteiger partial charge in [0.1, 0.15) is 16.8 Å². The van der Waals surface area contributed by atoms with Crippen LogP contribution < -0.4 is 0 Å². The summed E-state index contributed by atoms with van der Waals surface area (Å²) in [7, 11) is -3.66. The Hall–Kier alpha value is -1.36. The number of carbonyl (C=O) groups is 1. The first-order valence-corrected chi connectivity index (χ1v) is 6.50. The second-order valence-electron chi connectivity index (χ2n) is 4.04. The van der Waals surface area contributed by atoms with Gasteiger partial charge in [-0.2, -0.15) is 0 Å². The fourth-order valence-electron chi connectivity index (χ4n) is 1.86. The highest BCUT2D eigenvalue weighted by Crippen LogP contribution is 2.41. The minimum Gasteiger partial charge on any atom is -0.508 e. The Morgan fingerprint density at radius 2 is 2.00 bits per heavy atom. The molecule has 0 amide bonds. The largest absolute Gasteiger partial charge is 0.508 e. The zero-order valence-corrected chi connectivity index (χ0v) is 9.40. The topological polar surface area (TPSA) is 71.4 Å². The van der Waals surface area contributed by atoms with Crippen LogP contribution in [-0.2, 0) is 14.6 Å². The van der Waals surface area contributed by atoms with Crippen molar-refractivity contribution in [2.45, 2.75) is 28.9 Å². The summed E-state index contributed by atoms with van der Waals surface area (Å²) in [6, 6.07) is 5.43. The van der Waals surface area contributed by atoms with Gasteiger partial charge < -0.3 is 9.90 Å². The highest BCUT2D eigenvalue weighted by Gasteiger charge is 2.49. The number of sulfone groups is 1. The highest BCUT2D eigenvalue weighted by molar-refractivity contribution is 7.93. The van der Waals surface area contributed by atoms with E-state index < -0.39 is 14.6 Å². The lowest BCUT2D eigenvalue weighted by atomic mass is 9.86. The first-order chi connectivity index (χ1) is 7.52. The van der Waals surface area contributed by atoms with Gasteiger partial charge in [0.05, 0.1) is 4.90 Å². The second kappa shape index (κ2) is 3.59. The third-order valence-electron chi connectivity index (χ3n) is 3.08. The minimum atomic E-state index is -3.66. The van der Waals surface area contributed by atoms with Gasteiger partial charge in [0, 0.05) is 0 Å². The maximum Gasteiger partial charge on any atom is 0.191 e. The van der Waals surface area contributed by atoms with Crippen LogP contribution >= 0.6 is 0 Å². The van der Waals surface area contributed by atoms with Crippen molar-refractivity contribution in [2.24, 2.45) is 0 Å². The molecule has 0 spiro atoms. The van der Waals surface area contributed by atoms with E-state index in [0.29, 0.717) is 19.1 Å². The third kappa shape index (κ3) is 1.43. The summed E-state index contributed by atoms with van der Waals surface area (Å²) in [6.45, 7) is 0. The number of hydrogen-bond acceptors (Lipinski definition) is 4. The first-order valence-electron chi connectivity index (χ1n) is 5.02. The summed E-state index contributed by atoms with van der Waals surface area (Å²) in [6.07, 6.45) is 2.01. The Morgan fingerprint density at radius 1 is 1.31 bits per heavy atom. The standard InChI is InChI=1S/C11H12O4S/c12-8-11(5-2-6-11)16(14,15)10-4-1-3-9(13)7-10/h1,3-4,7-8,13H,2,5-6H2. The lowest BCUT2D eigenvalue weighted by molar-refractivity contribution is -0.111. The Morgan fingerprint density at radius 3 is 2.44 bits per heavy atom. The van der Waals surface area contributed by atoms with Crippen LogP contribution in [0.1, 0.15) is 19.3 Å². The summed E-state index contributed by atoms with van der Waals surface area (Å²) in [4.78, 5) is 11.0. The first kappa shape index (κ1) is 11.1. The normalized spacial score (nSPS) is 18.8. The van der Waals surface area contributed by atoms with E-state index in [4.69, 9.17) is 0 Å². The van der Waals surface area contributed by atoms with Gasteiger partial charge >= 0.3 is 0 Å².